The zero-order valence-electron chi connectivity index (χ0n) is 3.97. The van der Waals surface area contributed by atoms with Crippen molar-refractivity contribution < 1.29 is 0 Å². The molecule has 0 aliphatic rings. The van der Waals surface area contributed by atoms with Crippen LogP contribution in [0.15, 0.2) is 11.5 Å². The van der Waals surface area contributed by atoms with Crippen LogP contribution in [0, 0.1) is 0 Å². The molecule has 6 heavy (non-hydrogen) atoms. The van der Waals surface area contributed by atoms with E-state index < -0.39 is 0 Å². The normalized spacial score (nSPS) is 10.3. The molecule has 0 aliphatic heterocycles. The molecule has 0 N–H and O–H groups in total. The molecule has 0 aromatic rings. The molecule has 0 amide bonds. The smallest absolute Gasteiger partial charge is 0.00759 e. The monoisotopic (exact) mass is 120 g/mol. The molecule has 0 radical (unpaired) electrons. The second kappa shape index (κ2) is 5.44. The van der Waals surface area contributed by atoms with Crippen molar-refractivity contribution in [2.45, 2.75) is 6.92 Å². The number of hydrogen-bond donors (Lipinski definition) is 0. The van der Waals surface area contributed by atoms with Crippen LogP contribution in [0.3, 0.4) is 0 Å². The largest absolute Gasteiger partial charge is 0.0930 e. The van der Waals surface area contributed by atoms with Gasteiger partial charge in [0.2, 0.25) is 0 Å². The van der Waals surface area contributed by atoms with Crippen LogP contribution in [0.2, 0.25) is 0 Å². The summed E-state index contributed by atoms with van der Waals surface area (Å²) < 4.78 is 0. The molecule has 0 aromatic heterocycles. The van der Waals surface area contributed by atoms with E-state index in [1.807, 2.05) is 13.0 Å². The van der Waals surface area contributed by atoms with Gasteiger partial charge in [-0.25, -0.2) is 0 Å². The van der Waals surface area contributed by atoms with E-state index in [-0.39, 0.29) is 0 Å². The van der Waals surface area contributed by atoms with Gasteiger partial charge in [0.25, 0.3) is 0 Å². The third kappa shape index (κ3) is 4.44. The van der Waals surface area contributed by atoms with Gasteiger partial charge in [0.1, 0.15) is 0 Å². The average Bonchev–Trinajstić information content (AvgIpc) is 1.61. The molecular formula is C4H8S2. The Morgan fingerprint density at radius 1 is 1.50 bits per heavy atom. The molecule has 0 unspecified atom stereocenters. The average molecular weight is 120 g/mol. The van der Waals surface area contributed by atoms with Crippen LogP contribution >= 0.6 is 21.6 Å². The fourth-order valence-corrected chi connectivity index (χ4v) is 1.00. The maximum atomic E-state index is 2.06. The number of rotatable bonds is 2. The van der Waals surface area contributed by atoms with Gasteiger partial charge >= 0.3 is 0 Å². The van der Waals surface area contributed by atoms with Crippen LogP contribution < -0.4 is 0 Å². The third-order valence-corrected chi connectivity index (χ3v) is 1.77. The highest BCUT2D eigenvalue weighted by Gasteiger charge is 1.64. The van der Waals surface area contributed by atoms with Gasteiger partial charge in [-0.05, 0) is 18.6 Å². The van der Waals surface area contributed by atoms with Crippen molar-refractivity contribution in [2.75, 3.05) is 6.26 Å². The van der Waals surface area contributed by atoms with Crippen molar-refractivity contribution in [3.05, 3.63) is 11.5 Å². The van der Waals surface area contributed by atoms with Crippen molar-refractivity contribution in [2.24, 2.45) is 0 Å². The van der Waals surface area contributed by atoms with Crippen LogP contribution in [0.1, 0.15) is 6.92 Å². The Kier molecular flexibility index (Phi) is 5.84. The first kappa shape index (κ1) is 6.44. The zero-order valence-corrected chi connectivity index (χ0v) is 5.60. The van der Waals surface area contributed by atoms with Gasteiger partial charge in [-0.2, -0.15) is 0 Å². The molecular weight excluding hydrogens is 112 g/mol. The lowest BCUT2D eigenvalue weighted by Gasteiger charge is -1.76. The van der Waals surface area contributed by atoms with Gasteiger partial charge in [-0.1, -0.05) is 27.7 Å². The second-order valence-electron chi connectivity index (χ2n) is 0.732. The van der Waals surface area contributed by atoms with E-state index >= 15 is 0 Å². The minimum absolute atomic E-state index is 1.74. The third-order valence-electron chi connectivity index (χ3n) is 0.288. The van der Waals surface area contributed by atoms with Crippen molar-refractivity contribution in [3.63, 3.8) is 0 Å². The van der Waals surface area contributed by atoms with Gasteiger partial charge in [0.05, 0.1) is 0 Å². The van der Waals surface area contributed by atoms with Crippen LogP contribution in [-0.2, 0) is 0 Å². The molecule has 0 saturated heterocycles. The van der Waals surface area contributed by atoms with Gasteiger partial charge in [-0.15, -0.1) is 0 Å². The van der Waals surface area contributed by atoms with Gasteiger partial charge in [0.15, 0.2) is 0 Å². The summed E-state index contributed by atoms with van der Waals surface area (Å²) >= 11 is 0. The highest BCUT2D eigenvalue weighted by molar-refractivity contribution is 8.77. The van der Waals surface area contributed by atoms with E-state index in [2.05, 4.69) is 11.7 Å². The molecule has 0 fully saturated rings. The van der Waals surface area contributed by atoms with Gasteiger partial charge < -0.3 is 0 Å². The van der Waals surface area contributed by atoms with Crippen LogP contribution in [-0.4, -0.2) is 6.26 Å². The summed E-state index contributed by atoms with van der Waals surface area (Å²) in [6.45, 7) is 2.02. The van der Waals surface area contributed by atoms with E-state index in [0.717, 1.165) is 0 Å². The summed E-state index contributed by atoms with van der Waals surface area (Å²) in [5.74, 6) is 0. The standard InChI is InChI=1S/C4H8S2/c1-3-4-6-5-2/h3-4H,1-2H3/b4-3-. The van der Waals surface area contributed by atoms with Crippen molar-refractivity contribution in [1.29, 1.82) is 0 Å². The SMILES string of the molecule is C/C=C\SSC. The maximum absolute atomic E-state index is 2.06. The van der Waals surface area contributed by atoms with E-state index in [9.17, 15) is 0 Å². The van der Waals surface area contributed by atoms with E-state index in [1.165, 1.54) is 0 Å². The van der Waals surface area contributed by atoms with Gasteiger partial charge in [-0.3, -0.25) is 0 Å². The fraction of sp³-hybridized carbons (Fsp3) is 0.500. The topological polar surface area (TPSA) is 0 Å². The molecule has 0 aliphatic carbocycles. The fourth-order valence-electron chi connectivity index (χ4n) is 0.111. The summed E-state index contributed by atoms with van der Waals surface area (Å²) in [4.78, 5) is 0. The summed E-state index contributed by atoms with van der Waals surface area (Å²) in [5.41, 5.74) is 0. The minimum atomic E-state index is 1.74. The first-order valence-corrected chi connectivity index (χ1v) is 4.34. The lowest BCUT2D eigenvalue weighted by atomic mass is 10.8. The molecule has 0 rings (SSSR count). The molecule has 0 heterocycles. The number of hydrogen-bond acceptors (Lipinski definition) is 2. The molecule has 0 aromatic carbocycles. The predicted molar refractivity (Wildman–Crippen MR) is 35.9 cm³/mol. The quantitative estimate of drug-likeness (QED) is 0.514. The van der Waals surface area contributed by atoms with E-state index in [4.69, 9.17) is 0 Å². The minimum Gasteiger partial charge on any atom is -0.0930 e. The molecule has 36 valence electrons. The summed E-state index contributed by atoms with van der Waals surface area (Å²) in [7, 11) is 3.50. The Bertz CT molecular complexity index is 40.8. The highest BCUT2D eigenvalue weighted by atomic mass is 33.1. The van der Waals surface area contributed by atoms with Crippen molar-refractivity contribution >= 4 is 21.6 Å². The van der Waals surface area contributed by atoms with E-state index in [1.54, 1.807) is 21.6 Å². The van der Waals surface area contributed by atoms with Crippen molar-refractivity contribution in [1.82, 2.24) is 0 Å². The highest BCUT2D eigenvalue weighted by Crippen LogP contribution is 2.16. The van der Waals surface area contributed by atoms with E-state index in [0.29, 0.717) is 0 Å². The molecule has 0 spiro atoms. The first-order valence-electron chi connectivity index (χ1n) is 1.72. The lowest BCUT2D eigenvalue weighted by Crippen LogP contribution is -1.35. The van der Waals surface area contributed by atoms with Gasteiger partial charge in [0, 0.05) is 0 Å². The maximum Gasteiger partial charge on any atom is -0.00759 e. The van der Waals surface area contributed by atoms with Crippen LogP contribution in [0.25, 0.3) is 0 Å². The molecule has 0 nitrogen and oxygen atoms in total. The Hall–Kier alpha value is 0.440. The Morgan fingerprint density at radius 2 is 2.17 bits per heavy atom. The second-order valence-corrected chi connectivity index (χ2v) is 3.11. The molecule has 0 saturated carbocycles. The molecule has 0 atom stereocenters. The zero-order chi connectivity index (χ0) is 4.83. The molecule has 2 heteroatoms. The molecule has 0 bridgehead atoms. The summed E-state index contributed by atoms with van der Waals surface area (Å²) in [6, 6.07) is 0. The summed E-state index contributed by atoms with van der Waals surface area (Å²) in [5, 5.41) is 2.06. The summed E-state index contributed by atoms with van der Waals surface area (Å²) in [6.07, 6.45) is 4.09. The first-order chi connectivity index (χ1) is 2.91. The predicted octanol–water partition coefficient (Wildman–Crippen LogP) is 2.53. The van der Waals surface area contributed by atoms with Crippen LogP contribution in [0.5, 0.6) is 0 Å². The Balaban J connectivity index is 2.66. The van der Waals surface area contributed by atoms with Crippen LogP contribution in [0.4, 0.5) is 0 Å². The van der Waals surface area contributed by atoms with Crippen molar-refractivity contribution in [3.8, 4) is 0 Å². The Morgan fingerprint density at radius 3 is 2.33 bits per heavy atom. The number of allylic oxidation sites excluding steroid dienone is 1. The Labute approximate surface area is 46.8 Å². The lowest BCUT2D eigenvalue weighted by molar-refractivity contribution is 1.79.